The van der Waals surface area contributed by atoms with Crippen LogP contribution in [0.25, 0.3) is 0 Å². The van der Waals surface area contributed by atoms with Crippen LogP contribution in [0.1, 0.15) is 19.4 Å². The summed E-state index contributed by atoms with van der Waals surface area (Å²) in [7, 11) is 2.07. The van der Waals surface area contributed by atoms with Gasteiger partial charge in [0.25, 0.3) is 0 Å². The quantitative estimate of drug-likeness (QED) is 0.918. The second-order valence-electron chi connectivity index (χ2n) is 5.95. The Balaban J connectivity index is 1.91. The fourth-order valence-corrected chi connectivity index (χ4v) is 2.52. The standard InChI is InChI=1S/C15H22ClN3/c1-15(2,10-12-5-4-6-13(16)9-12)11-18-14-17-7-8-19(14)3/h4-6,9H,7-8,10-11H2,1-3H3,(H,17,18). The number of rotatable bonds is 4. The number of aliphatic imine (C=N–C) groups is 1. The lowest BCUT2D eigenvalue weighted by molar-refractivity contribution is 0.354. The Morgan fingerprint density at radius 2 is 2.21 bits per heavy atom. The van der Waals surface area contributed by atoms with E-state index in [1.54, 1.807) is 0 Å². The Bertz CT molecular complexity index is 468. The van der Waals surface area contributed by atoms with Crippen molar-refractivity contribution in [3.63, 3.8) is 0 Å². The number of nitrogens with one attached hydrogen (secondary N) is 1. The molecule has 19 heavy (non-hydrogen) atoms. The summed E-state index contributed by atoms with van der Waals surface area (Å²) in [5.74, 6) is 1.01. The molecular weight excluding hydrogens is 258 g/mol. The Labute approximate surface area is 120 Å². The van der Waals surface area contributed by atoms with Crippen molar-refractivity contribution in [2.24, 2.45) is 10.4 Å². The molecule has 0 radical (unpaired) electrons. The van der Waals surface area contributed by atoms with Gasteiger partial charge in [-0.05, 0) is 29.5 Å². The highest BCUT2D eigenvalue weighted by molar-refractivity contribution is 6.30. The van der Waals surface area contributed by atoms with Gasteiger partial charge in [0.15, 0.2) is 5.96 Å². The maximum absolute atomic E-state index is 6.03. The van der Waals surface area contributed by atoms with E-state index in [1.165, 1.54) is 5.56 Å². The van der Waals surface area contributed by atoms with Gasteiger partial charge in [0.2, 0.25) is 0 Å². The molecule has 0 bridgehead atoms. The predicted octanol–water partition coefficient (Wildman–Crippen LogP) is 2.80. The summed E-state index contributed by atoms with van der Waals surface area (Å²) in [6.45, 7) is 7.33. The van der Waals surface area contributed by atoms with Crippen LogP contribution in [0.5, 0.6) is 0 Å². The molecular formula is C15H22ClN3. The maximum Gasteiger partial charge on any atom is 0.193 e. The van der Waals surface area contributed by atoms with Crippen molar-refractivity contribution in [2.75, 3.05) is 26.7 Å². The molecule has 0 aromatic heterocycles. The van der Waals surface area contributed by atoms with E-state index in [0.29, 0.717) is 0 Å². The molecule has 2 rings (SSSR count). The molecule has 0 unspecified atom stereocenters. The molecule has 0 fully saturated rings. The number of hydrogen-bond acceptors (Lipinski definition) is 3. The summed E-state index contributed by atoms with van der Waals surface area (Å²) in [6, 6.07) is 8.10. The molecule has 1 aliphatic heterocycles. The van der Waals surface area contributed by atoms with Crippen molar-refractivity contribution in [2.45, 2.75) is 20.3 Å². The topological polar surface area (TPSA) is 27.6 Å². The first-order chi connectivity index (χ1) is 8.96. The van der Waals surface area contributed by atoms with Crippen molar-refractivity contribution in [1.82, 2.24) is 10.2 Å². The summed E-state index contributed by atoms with van der Waals surface area (Å²) in [5, 5.41) is 4.26. The van der Waals surface area contributed by atoms with Gasteiger partial charge in [0.1, 0.15) is 0 Å². The molecule has 1 aromatic rings. The third-order valence-electron chi connectivity index (χ3n) is 3.36. The van der Waals surface area contributed by atoms with E-state index in [0.717, 1.165) is 37.0 Å². The van der Waals surface area contributed by atoms with Crippen LogP contribution in [-0.2, 0) is 6.42 Å². The van der Waals surface area contributed by atoms with E-state index in [9.17, 15) is 0 Å². The third kappa shape index (κ3) is 4.13. The van der Waals surface area contributed by atoms with Gasteiger partial charge in [0, 0.05) is 25.2 Å². The zero-order chi connectivity index (χ0) is 13.9. The normalized spacial score (nSPS) is 15.6. The molecule has 1 aliphatic rings. The molecule has 104 valence electrons. The minimum absolute atomic E-state index is 0.163. The van der Waals surface area contributed by atoms with Gasteiger partial charge >= 0.3 is 0 Å². The Hall–Kier alpha value is -1.22. The molecule has 0 saturated heterocycles. The number of guanidine groups is 1. The molecule has 0 spiro atoms. The second-order valence-corrected chi connectivity index (χ2v) is 6.39. The van der Waals surface area contributed by atoms with E-state index in [-0.39, 0.29) is 5.41 Å². The van der Waals surface area contributed by atoms with E-state index in [2.05, 4.69) is 42.2 Å². The molecule has 0 atom stereocenters. The highest BCUT2D eigenvalue weighted by atomic mass is 35.5. The summed E-state index contributed by atoms with van der Waals surface area (Å²) < 4.78 is 0. The fourth-order valence-electron chi connectivity index (χ4n) is 2.30. The summed E-state index contributed by atoms with van der Waals surface area (Å²) >= 11 is 6.03. The average Bonchev–Trinajstić information content (AvgIpc) is 2.72. The molecule has 4 heteroatoms. The van der Waals surface area contributed by atoms with Crippen LogP contribution < -0.4 is 5.32 Å². The van der Waals surface area contributed by atoms with E-state index < -0.39 is 0 Å². The van der Waals surface area contributed by atoms with Crippen LogP contribution in [0.3, 0.4) is 0 Å². The molecule has 1 N–H and O–H groups in total. The molecule has 0 saturated carbocycles. The molecule has 1 heterocycles. The first kappa shape index (κ1) is 14.2. The van der Waals surface area contributed by atoms with Crippen molar-refractivity contribution in [3.8, 4) is 0 Å². The summed E-state index contributed by atoms with van der Waals surface area (Å²) in [5.41, 5.74) is 1.44. The first-order valence-electron chi connectivity index (χ1n) is 6.70. The minimum Gasteiger partial charge on any atom is -0.356 e. The van der Waals surface area contributed by atoms with Gasteiger partial charge in [-0.25, -0.2) is 0 Å². The SMILES string of the molecule is CN1CCN=C1NCC(C)(C)Cc1cccc(Cl)c1. The molecule has 1 aromatic carbocycles. The van der Waals surface area contributed by atoms with Crippen LogP contribution in [-0.4, -0.2) is 37.5 Å². The lowest BCUT2D eigenvalue weighted by atomic mass is 9.86. The molecule has 3 nitrogen and oxygen atoms in total. The van der Waals surface area contributed by atoms with E-state index in [4.69, 9.17) is 11.6 Å². The van der Waals surface area contributed by atoms with Crippen LogP contribution in [0.2, 0.25) is 5.02 Å². The number of benzene rings is 1. The van der Waals surface area contributed by atoms with Gasteiger partial charge in [-0.1, -0.05) is 37.6 Å². The van der Waals surface area contributed by atoms with Gasteiger partial charge in [-0.3, -0.25) is 4.99 Å². The highest BCUT2D eigenvalue weighted by Gasteiger charge is 2.21. The third-order valence-corrected chi connectivity index (χ3v) is 3.59. The van der Waals surface area contributed by atoms with E-state index in [1.807, 2.05) is 18.2 Å². The van der Waals surface area contributed by atoms with Crippen LogP contribution >= 0.6 is 11.6 Å². The van der Waals surface area contributed by atoms with Crippen LogP contribution in [0, 0.1) is 5.41 Å². The van der Waals surface area contributed by atoms with Crippen LogP contribution in [0.4, 0.5) is 0 Å². The van der Waals surface area contributed by atoms with Gasteiger partial charge < -0.3 is 10.2 Å². The highest BCUT2D eigenvalue weighted by Crippen LogP contribution is 2.23. The smallest absolute Gasteiger partial charge is 0.193 e. The Morgan fingerprint density at radius 3 is 2.84 bits per heavy atom. The largest absolute Gasteiger partial charge is 0.356 e. The number of likely N-dealkylation sites (N-methyl/N-ethyl adjacent to an activating group) is 1. The Kier molecular flexibility index (Phi) is 4.35. The molecule has 0 amide bonds. The van der Waals surface area contributed by atoms with Gasteiger partial charge in [0.05, 0.1) is 6.54 Å². The summed E-state index contributed by atoms with van der Waals surface area (Å²) in [6.07, 6.45) is 0.998. The lowest BCUT2D eigenvalue weighted by Gasteiger charge is -2.27. The number of hydrogen-bond donors (Lipinski definition) is 1. The van der Waals surface area contributed by atoms with Crippen molar-refractivity contribution in [1.29, 1.82) is 0 Å². The van der Waals surface area contributed by atoms with Gasteiger partial charge in [-0.2, -0.15) is 0 Å². The minimum atomic E-state index is 0.163. The van der Waals surface area contributed by atoms with Gasteiger partial charge in [-0.15, -0.1) is 0 Å². The summed E-state index contributed by atoms with van der Waals surface area (Å²) in [4.78, 5) is 6.61. The monoisotopic (exact) mass is 279 g/mol. The number of nitrogens with zero attached hydrogens (tertiary/aromatic N) is 2. The zero-order valence-corrected chi connectivity index (χ0v) is 12.7. The molecule has 0 aliphatic carbocycles. The van der Waals surface area contributed by atoms with Crippen LogP contribution in [0.15, 0.2) is 29.3 Å². The Morgan fingerprint density at radius 1 is 1.42 bits per heavy atom. The van der Waals surface area contributed by atoms with E-state index >= 15 is 0 Å². The number of halogens is 1. The zero-order valence-electron chi connectivity index (χ0n) is 11.9. The van der Waals surface area contributed by atoms with Crippen molar-refractivity contribution in [3.05, 3.63) is 34.9 Å². The first-order valence-corrected chi connectivity index (χ1v) is 7.08. The average molecular weight is 280 g/mol. The fraction of sp³-hybridized carbons (Fsp3) is 0.533. The lowest BCUT2D eigenvalue weighted by Crippen LogP contribution is -2.41. The predicted molar refractivity (Wildman–Crippen MR) is 81.9 cm³/mol. The second kappa shape index (κ2) is 5.83. The van der Waals surface area contributed by atoms with Crippen molar-refractivity contribution < 1.29 is 0 Å². The maximum atomic E-state index is 6.03. The van der Waals surface area contributed by atoms with Crippen molar-refractivity contribution >= 4 is 17.6 Å².